The average Bonchev–Trinajstić information content (AvgIpc) is 2.82. The molecule has 2 rings (SSSR count). The number of carbonyl (C=O) groups is 1. The number of hydrogen-bond acceptors (Lipinski definition) is 4. The van der Waals surface area contributed by atoms with Crippen LogP contribution in [0.1, 0.15) is 35.2 Å². The van der Waals surface area contributed by atoms with Crippen molar-refractivity contribution in [2.45, 2.75) is 31.1 Å². The highest BCUT2D eigenvalue weighted by Crippen LogP contribution is 2.24. The highest BCUT2D eigenvalue weighted by molar-refractivity contribution is 7.88. The molecule has 21 heavy (non-hydrogen) atoms. The molecular weight excluding hydrogens is 294 g/mol. The van der Waals surface area contributed by atoms with Gasteiger partial charge >= 0.3 is 5.97 Å². The molecule has 2 unspecified atom stereocenters. The summed E-state index contributed by atoms with van der Waals surface area (Å²) < 4.78 is 26.5. The fraction of sp³-hybridized carbons (Fsp3) is 0.500. The number of hydrogen-bond donors (Lipinski definition) is 3. The summed E-state index contributed by atoms with van der Waals surface area (Å²) in [4.78, 5) is 10.9. The van der Waals surface area contributed by atoms with Crippen LogP contribution >= 0.6 is 0 Å². The van der Waals surface area contributed by atoms with Gasteiger partial charge in [0, 0.05) is 6.54 Å². The third kappa shape index (κ3) is 4.80. The minimum atomic E-state index is -3.51. The van der Waals surface area contributed by atoms with Crippen molar-refractivity contribution in [2.24, 2.45) is 5.92 Å². The summed E-state index contributed by atoms with van der Waals surface area (Å²) in [7, 11) is -3.51. The zero-order valence-electron chi connectivity index (χ0n) is 11.5. The smallest absolute Gasteiger partial charge is 0.335 e. The van der Waals surface area contributed by atoms with E-state index in [4.69, 9.17) is 5.11 Å². The van der Waals surface area contributed by atoms with Gasteiger partial charge in [0.25, 0.3) is 0 Å². The quantitative estimate of drug-likeness (QED) is 0.726. The summed E-state index contributed by atoms with van der Waals surface area (Å²) in [6, 6.07) is 5.90. The predicted octanol–water partition coefficient (Wildman–Crippen LogP) is 0.965. The minimum Gasteiger partial charge on any atom is -0.478 e. The van der Waals surface area contributed by atoms with Crippen LogP contribution in [0.15, 0.2) is 24.3 Å². The fourth-order valence-corrected chi connectivity index (χ4v) is 3.75. The molecule has 0 spiro atoms. The number of nitrogens with one attached hydrogen (secondary N) is 1. The number of rotatable bonds is 6. The van der Waals surface area contributed by atoms with Gasteiger partial charge in [0.2, 0.25) is 10.0 Å². The third-order valence-corrected chi connectivity index (χ3v) is 4.96. The first-order valence-corrected chi connectivity index (χ1v) is 8.48. The van der Waals surface area contributed by atoms with Crippen molar-refractivity contribution in [2.75, 3.05) is 6.54 Å². The van der Waals surface area contributed by atoms with Crippen LogP contribution in [0.2, 0.25) is 0 Å². The van der Waals surface area contributed by atoms with E-state index in [1.165, 1.54) is 18.2 Å². The standard InChI is InChI=1S/C14H19NO5S/c16-13-5-4-10(7-13)8-15-21(19,20)9-11-2-1-3-12(6-11)14(17)18/h1-3,6,10,13,15-16H,4-5,7-9H2,(H,17,18). The maximum atomic E-state index is 12.0. The summed E-state index contributed by atoms with van der Waals surface area (Å²) in [6.45, 7) is 0.317. The molecule has 0 saturated heterocycles. The largest absolute Gasteiger partial charge is 0.478 e. The molecule has 0 aliphatic heterocycles. The molecule has 1 fully saturated rings. The highest BCUT2D eigenvalue weighted by Gasteiger charge is 2.24. The van der Waals surface area contributed by atoms with E-state index in [-0.39, 0.29) is 23.3 Å². The van der Waals surface area contributed by atoms with E-state index in [2.05, 4.69) is 4.72 Å². The molecule has 0 heterocycles. The summed E-state index contributed by atoms with van der Waals surface area (Å²) in [6.07, 6.45) is 1.83. The number of sulfonamides is 1. The molecule has 6 nitrogen and oxygen atoms in total. The summed E-state index contributed by atoms with van der Waals surface area (Å²) >= 11 is 0. The Morgan fingerprint density at radius 3 is 2.71 bits per heavy atom. The van der Waals surface area contributed by atoms with Crippen LogP contribution in [0.3, 0.4) is 0 Å². The van der Waals surface area contributed by atoms with Crippen molar-refractivity contribution in [1.29, 1.82) is 0 Å². The Labute approximate surface area is 123 Å². The third-order valence-electron chi connectivity index (χ3n) is 3.64. The summed E-state index contributed by atoms with van der Waals surface area (Å²) in [5, 5.41) is 18.3. The van der Waals surface area contributed by atoms with Crippen LogP contribution in [-0.2, 0) is 15.8 Å². The molecule has 1 aliphatic carbocycles. The second-order valence-electron chi connectivity index (χ2n) is 5.45. The van der Waals surface area contributed by atoms with E-state index in [1.807, 2.05) is 0 Å². The van der Waals surface area contributed by atoms with E-state index in [1.54, 1.807) is 6.07 Å². The molecule has 0 bridgehead atoms. The lowest BCUT2D eigenvalue weighted by Gasteiger charge is -2.11. The van der Waals surface area contributed by atoms with Crippen molar-refractivity contribution in [3.63, 3.8) is 0 Å². The Morgan fingerprint density at radius 2 is 2.10 bits per heavy atom. The van der Waals surface area contributed by atoms with Crippen LogP contribution < -0.4 is 4.72 Å². The highest BCUT2D eigenvalue weighted by atomic mass is 32.2. The van der Waals surface area contributed by atoms with Gasteiger partial charge < -0.3 is 10.2 Å². The molecule has 1 aromatic rings. The van der Waals surface area contributed by atoms with Gasteiger partial charge in [0.05, 0.1) is 17.4 Å². The van der Waals surface area contributed by atoms with E-state index in [0.717, 1.165) is 6.42 Å². The van der Waals surface area contributed by atoms with Crippen LogP contribution in [0.5, 0.6) is 0 Å². The Morgan fingerprint density at radius 1 is 1.33 bits per heavy atom. The summed E-state index contributed by atoms with van der Waals surface area (Å²) in [5.41, 5.74) is 0.510. The number of aliphatic hydroxyl groups excluding tert-OH is 1. The number of aromatic carboxylic acids is 1. The van der Waals surface area contributed by atoms with Crippen molar-refractivity contribution < 1.29 is 23.4 Å². The average molecular weight is 313 g/mol. The van der Waals surface area contributed by atoms with Crippen LogP contribution in [0.4, 0.5) is 0 Å². The molecular formula is C14H19NO5S. The lowest BCUT2D eigenvalue weighted by Crippen LogP contribution is -2.30. The Hall–Kier alpha value is -1.44. The summed E-state index contributed by atoms with van der Waals surface area (Å²) in [5.74, 6) is -1.16. The second-order valence-corrected chi connectivity index (χ2v) is 7.25. The maximum Gasteiger partial charge on any atom is 0.335 e. The van der Waals surface area contributed by atoms with Gasteiger partial charge in [0.1, 0.15) is 0 Å². The van der Waals surface area contributed by atoms with Crippen LogP contribution in [0, 0.1) is 5.92 Å². The van der Waals surface area contributed by atoms with Crippen molar-refractivity contribution in [3.8, 4) is 0 Å². The molecule has 1 saturated carbocycles. The van der Waals surface area contributed by atoms with Gasteiger partial charge in [-0.1, -0.05) is 12.1 Å². The molecule has 7 heteroatoms. The van der Waals surface area contributed by atoms with Gasteiger partial charge in [-0.05, 0) is 42.9 Å². The van der Waals surface area contributed by atoms with Crippen molar-refractivity contribution in [1.82, 2.24) is 4.72 Å². The number of aliphatic hydroxyl groups is 1. The first-order valence-electron chi connectivity index (χ1n) is 6.83. The first-order chi connectivity index (χ1) is 9.85. The van der Waals surface area contributed by atoms with Crippen molar-refractivity contribution in [3.05, 3.63) is 35.4 Å². The predicted molar refractivity (Wildman–Crippen MR) is 77.4 cm³/mol. The molecule has 0 aromatic heterocycles. The molecule has 116 valence electrons. The lowest BCUT2D eigenvalue weighted by atomic mass is 10.1. The molecule has 2 atom stereocenters. The topological polar surface area (TPSA) is 104 Å². The van der Waals surface area contributed by atoms with E-state index in [9.17, 15) is 18.3 Å². The zero-order chi connectivity index (χ0) is 15.5. The molecule has 0 amide bonds. The molecule has 1 aliphatic rings. The van der Waals surface area contributed by atoms with Crippen LogP contribution in [-0.4, -0.2) is 37.2 Å². The maximum absolute atomic E-state index is 12.0. The number of carboxylic acid groups (broad SMARTS) is 1. The molecule has 1 aromatic carbocycles. The zero-order valence-corrected chi connectivity index (χ0v) is 12.3. The SMILES string of the molecule is O=C(O)c1cccc(CS(=O)(=O)NCC2CCC(O)C2)c1. The van der Waals surface area contributed by atoms with Gasteiger partial charge in [-0.3, -0.25) is 0 Å². The van der Waals surface area contributed by atoms with E-state index < -0.39 is 16.0 Å². The van der Waals surface area contributed by atoms with Crippen molar-refractivity contribution >= 4 is 16.0 Å². The minimum absolute atomic E-state index is 0.0709. The van der Waals surface area contributed by atoms with E-state index in [0.29, 0.717) is 24.9 Å². The van der Waals surface area contributed by atoms with Gasteiger partial charge in [-0.15, -0.1) is 0 Å². The first kappa shape index (κ1) is 15.9. The molecule has 0 radical (unpaired) electrons. The number of carboxylic acids is 1. The van der Waals surface area contributed by atoms with Gasteiger partial charge in [-0.2, -0.15) is 0 Å². The Kier molecular flexibility index (Phi) is 4.97. The van der Waals surface area contributed by atoms with E-state index >= 15 is 0 Å². The second kappa shape index (κ2) is 6.55. The fourth-order valence-electron chi connectivity index (χ4n) is 2.54. The lowest BCUT2D eigenvalue weighted by molar-refractivity contribution is 0.0696. The monoisotopic (exact) mass is 313 g/mol. The van der Waals surface area contributed by atoms with Crippen LogP contribution in [0.25, 0.3) is 0 Å². The normalized spacial score (nSPS) is 22.3. The molecule has 3 N–H and O–H groups in total. The van der Waals surface area contributed by atoms with Gasteiger partial charge in [0.15, 0.2) is 0 Å². The van der Waals surface area contributed by atoms with Gasteiger partial charge in [-0.25, -0.2) is 17.9 Å². The Balaban J connectivity index is 1.94. The Bertz CT molecular complexity index is 614. The number of benzene rings is 1.